The van der Waals surface area contributed by atoms with E-state index in [0.717, 1.165) is 60.9 Å². The van der Waals surface area contributed by atoms with Gasteiger partial charge in [-0.1, -0.05) is 35.9 Å². The predicted octanol–water partition coefficient (Wildman–Crippen LogP) is 2.51. The number of halogens is 1. The molecule has 1 fully saturated rings. The summed E-state index contributed by atoms with van der Waals surface area (Å²) >= 11 is 6.55. The second kappa shape index (κ2) is 10.6. The Morgan fingerprint density at radius 1 is 1.13 bits per heavy atom. The maximum atomic E-state index is 6.55. The van der Waals surface area contributed by atoms with E-state index in [9.17, 15) is 0 Å². The molecule has 3 heterocycles. The molecule has 0 bridgehead atoms. The SMILES string of the molecule is CCNC(=NCc1nnc2ccccn12)NCC(c1ccccc1Cl)N1CCOCC1. The minimum Gasteiger partial charge on any atom is -0.379 e. The van der Waals surface area contributed by atoms with Crippen LogP contribution in [0.4, 0.5) is 0 Å². The molecule has 2 aromatic heterocycles. The minimum atomic E-state index is 0.121. The van der Waals surface area contributed by atoms with Crippen LogP contribution in [0.2, 0.25) is 5.02 Å². The van der Waals surface area contributed by atoms with E-state index in [2.05, 4.69) is 38.7 Å². The molecule has 0 amide bonds. The van der Waals surface area contributed by atoms with E-state index in [1.54, 1.807) is 0 Å². The minimum absolute atomic E-state index is 0.121. The Kier molecular flexibility index (Phi) is 7.35. The normalized spacial score (nSPS) is 16.4. The smallest absolute Gasteiger partial charge is 0.191 e. The summed E-state index contributed by atoms with van der Waals surface area (Å²) in [5, 5.41) is 16.1. The van der Waals surface area contributed by atoms with Crippen LogP contribution >= 0.6 is 11.6 Å². The van der Waals surface area contributed by atoms with Crippen molar-refractivity contribution in [2.45, 2.75) is 19.5 Å². The van der Waals surface area contributed by atoms with Gasteiger partial charge in [-0.05, 0) is 30.7 Å². The van der Waals surface area contributed by atoms with Crippen molar-refractivity contribution in [2.75, 3.05) is 39.4 Å². The Bertz CT molecular complexity index is 1020. The van der Waals surface area contributed by atoms with Gasteiger partial charge in [0.25, 0.3) is 0 Å². The second-order valence-electron chi connectivity index (χ2n) is 7.31. The molecule has 31 heavy (non-hydrogen) atoms. The highest BCUT2D eigenvalue weighted by molar-refractivity contribution is 6.31. The number of aromatic nitrogens is 3. The van der Waals surface area contributed by atoms with Crippen LogP contribution in [-0.2, 0) is 11.3 Å². The van der Waals surface area contributed by atoms with Gasteiger partial charge in [-0.2, -0.15) is 0 Å². The first-order valence-electron chi connectivity index (χ1n) is 10.6. The lowest BCUT2D eigenvalue weighted by Gasteiger charge is -2.35. The molecule has 0 radical (unpaired) electrons. The Morgan fingerprint density at radius 2 is 1.94 bits per heavy atom. The van der Waals surface area contributed by atoms with Crippen molar-refractivity contribution < 1.29 is 4.74 Å². The van der Waals surface area contributed by atoms with Crippen molar-refractivity contribution in [1.29, 1.82) is 0 Å². The number of ether oxygens (including phenoxy) is 1. The Labute approximate surface area is 187 Å². The van der Waals surface area contributed by atoms with Crippen molar-refractivity contribution in [1.82, 2.24) is 30.1 Å². The predicted molar refractivity (Wildman–Crippen MR) is 122 cm³/mol. The van der Waals surface area contributed by atoms with Crippen LogP contribution in [0.25, 0.3) is 5.65 Å². The highest BCUT2D eigenvalue weighted by atomic mass is 35.5. The Hall–Kier alpha value is -2.68. The van der Waals surface area contributed by atoms with E-state index in [-0.39, 0.29) is 6.04 Å². The van der Waals surface area contributed by atoms with Crippen LogP contribution in [0.5, 0.6) is 0 Å². The number of hydrogen-bond acceptors (Lipinski definition) is 5. The lowest BCUT2D eigenvalue weighted by atomic mass is 10.0. The molecule has 2 N–H and O–H groups in total. The molecule has 0 spiro atoms. The molecule has 1 aliphatic rings. The summed E-state index contributed by atoms with van der Waals surface area (Å²) in [5.74, 6) is 1.53. The average Bonchev–Trinajstić information content (AvgIpc) is 3.22. The van der Waals surface area contributed by atoms with Crippen LogP contribution in [0, 0.1) is 0 Å². The zero-order valence-electron chi connectivity index (χ0n) is 17.7. The fourth-order valence-electron chi connectivity index (χ4n) is 3.75. The van der Waals surface area contributed by atoms with Crippen LogP contribution in [-0.4, -0.2) is 64.9 Å². The Morgan fingerprint density at radius 3 is 2.74 bits per heavy atom. The number of nitrogens with zero attached hydrogens (tertiary/aromatic N) is 5. The fourth-order valence-corrected chi connectivity index (χ4v) is 4.02. The van der Waals surface area contributed by atoms with E-state index in [1.807, 2.05) is 47.0 Å². The van der Waals surface area contributed by atoms with Gasteiger partial charge in [0.15, 0.2) is 17.4 Å². The fraction of sp³-hybridized carbons (Fsp3) is 0.409. The molecule has 3 aromatic rings. The van der Waals surface area contributed by atoms with E-state index >= 15 is 0 Å². The second-order valence-corrected chi connectivity index (χ2v) is 7.71. The van der Waals surface area contributed by atoms with Crippen molar-refractivity contribution in [2.24, 2.45) is 4.99 Å². The summed E-state index contributed by atoms with van der Waals surface area (Å²) in [6, 6.07) is 14.0. The summed E-state index contributed by atoms with van der Waals surface area (Å²) in [6.45, 7) is 7.13. The first-order valence-corrected chi connectivity index (χ1v) is 11.0. The molecule has 164 valence electrons. The number of pyridine rings is 1. The molecule has 1 unspecified atom stereocenters. The van der Waals surface area contributed by atoms with Gasteiger partial charge in [-0.25, -0.2) is 4.99 Å². The summed E-state index contributed by atoms with van der Waals surface area (Å²) in [7, 11) is 0. The summed E-state index contributed by atoms with van der Waals surface area (Å²) < 4.78 is 7.50. The molecule has 1 saturated heterocycles. The van der Waals surface area contributed by atoms with Gasteiger partial charge in [0, 0.05) is 37.4 Å². The monoisotopic (exact) mass is 441 g/mol. The number of fused-ring (bicyclic) bond motifs is 1. The molecular weight excluding hydrogens is 414 g/mol. The lowest BCUT2D eigenvalue weighted by Crippen LogP contribution is -2.46. The van der Waals surface area contributed by atoms with E-state index in [4.69, 9.17) is 21.3 Å². The first-order chi connectivity index (χ1) is 15.3. The zero-order chi connectivity index (χ0) is 21.5. The van der Waals surface area contributed by atoms with Crippen LogP contribution in [0.3, 0.4) is 0 Å². The quantitative estimate of drug-likeness (QED) is 0.433. The summed E-state index contributed by atoms with van der Waals surface area (Å²) in [5.41, 5.74) is 1.93. The average molecular weight is 442 g/mol. The topological polar surface area (TPSA) is 79.1 Å². The number of rotatable bonds is 7. The molecule has 0 saturated carbocycles. The number of benzene rings is 1. The van der Waals surface area contributed by atoms with Crippen LogP contribution < -0.4 is 10.6 Å². The van der Waals surface area contributed by atoms with Crippen molar-refractivity contribution >= 4 is 23.2 Å². The largest absolute Gasteiger partial charge is 0.379 e. The lowest BCUT2D eigenvalue weighted by molar-refractivity contribution is 0.0170. The molecule has 0 aliphatic carbocycles. The van der Waals surface area contributed by atoms with Crippen molar-refractivity contribution in [3.8, 4) is 0 Å². The third-order valence-electron chi connectivity index (χ3n) is 5.32. The first kappa shape index (κ1) is 21.5. The molecule has 1 aromatic carbocycles. The highest BCUT2D eigenvalue weighted by Gasteiger charge is 2.24. The van der Waals surface area contributed by atoms with Crippen LogP contribution in [0.15, 0.2) is 53.7 Å². The van der Waals surface area contributed by atoms with Crippen molar-refractivity contribution in [3.63, 3.8) is 0 Å². The van der Waals surface area contributed by atoms with Crippen LogP contribution in [0.1, 0.15) is 24.4 Å². The molecule has 4 rings (SSSR count). The molecule has 1 atom stereocenters. The number of guanidine groups is 1. The third-order valence-corrected chi connectivity index (χ3v) is 5.66. The van der Waals surface area contributed by atoms with Gasteiger partial charge in [0.2, 0.25) is 0 Å². The highest BCUT2D eigenvalue weighted by Crippen LogP contribution is 2.27. The standard InChI is InChI=1S/C22H28ClN7O/c1-2-24-22(26-16-21-28-27-20-9-5-6-10-30(20)21)25-15-19(29-11-13-31-14-12-29)17-7-3-4-8-18(17)23/h3-10,19H,2,11-16H2,1H3,(H2,24,25,26). The molecule has 1 aliphatic heterocycles. The molecular formula is C22H28ClN7O. The van der Waals surface area contributed by atoms with E-state index in [1.165, 1.54) is 0 Å². The number of nitrogens with one attached hydrogen (secondary N) is 2. The zero-order valence-corrected chi connectivity index (χ0v) is 18.4. The number of hydrogen-bond donors (Lipinski definition) is 2. The van der Waals surface area contributed by atoms with Gasteiger partial charge in [0.05, 0.1) is 19.3 Å². The third kappa shape index (κ3) is 5.33. The summed E-state index contributed by atoms with van der Waals surface area (Å²) in [4.78, 5) is 7.14. The van der Waals surface area contributed by atoms with Gasteiger partial charge in [-0.15, -0.1) is 10.2 Å². The van der Waals surface area contributed by atoms with Gasteiger partial charge >= 0.3 is 0 Å². The molecule has 9 heteroatoms. The number of aliphatic imine (C=N–C) groups is 1. The molecule has 8 nitrogen and oxygen atoms in total. The van der Waals surface area contributed by atoms with E-state index < -0.39 is 0 Å². The maximum Gasteiger partial charge on any atom is 0.191 e. The summed E-state index contributed by atoms with van der Waals surface area (Å²) in [6.07, 6.45) is 1.95. The van der Waals surface area contributed by atoms with E-state index in [0.29, 0.717) is 13.1 Å². The van der Waals surface area contributed by atoms with Gasteiger partial charge in [0.1, 0.15) is 6.54 Å². The van der Waals surface area contributed by atoms with Gasteiger partial charge < -0.3 is 15.4 Å². The maximum absolute atomic E-state index is 6.55. The van der Waals surface area contributed by atoms with Crippen molar-refractivity contribution in [3.05, 3.63) is 65.1 Å². The Balaban J connectivity index is 1.50. The van der Waals surface area contributed by atoms with Gasteiger partial charge in [-0.3, -0.25) is 9.30 Å². The number of morpholine rings is 1.